The van der Waals surface area contributed by atoms with Crippen LogP contribution in [0.2, 0.25) is 0 Å². The van der Waals surface area contributed by atoms with Crippen molar-refractivity contribution in [1.29, 1.82) is 10.5 Å². The molecule has 0 aromatic carbocycles. The molecule has 5 nitrogen and oxygen atoms in total. The third kappa shape index (κ3) is 1.92. The summed E-state index contributed by atoms with van der Waals surface area (Å²) in [6.07, 6.45) is 5.34. The van der Waals surface area contributed by atoms with Crippen molar-refractivity contribution in [3.63, 3.8) is 0 Å². The first-order valence-electron chi connectivity index (χ1n) is 4.11. The van der Waals surface area contributed by atoms with E-state index in [1.807, 2.05) is 6.07 Å². The monoisotopic (exact) mass is 201 g/mol. The lowest BCUT2D eigenvalue weighted by atomic mass is 9.99. The third-order valence-corrected chi connectivity index (χ3v) is 2.06. The maximum absolute atomic E-state index is 10.8. The van der Waals surface area contributed by atoms with Crippen LogP contribution in [-0.2, 0) is 0 Å². The molecule has 0 saturated heterocycles. The number of hydrogen-bond acceptors (Lipinski definition) is 4. The Morgan fingerprint density at radius 3 is 2.47 bits per heavy atom. The lowest BCUT2D eigenvalue weighted by Crippen LogP contribution is -2.29. The summed E-state index contributed by atoms with van der Waals surface area (Å²) in [6, 6.07) is 3.60. The van der Waals surface area contributed by atoms with Gasteiger partial charge in [0.25, 0.3) is 5.54 Å². The molecule has 0 bridgehead atoms. The van der Waals surface area contributed by atoms with Crippen molar-refractivity contribution in [1.82, 2.24) is 0 Å². The molecule has 1 rings (SSSR count). The van der Waals surface area contributed by atoms with Crippen LogP contribution < -0.4 is 0 Å². The highest BCUT2D eigenvalue weighted by Gasteiger charge is 2.33. The lowest BCUT2D eigenvalue weighted by Gasteiger charge is -2.11. The number of nitro groups is 1. The number of nitriles is 2. The largest absolute Gasteiger partial charge is 0.263 e. The topological polar surface area (TPSA) is 90.7 Å². The van der Waals surface area contributed by atoms with E-state index < -0.39 is 10.5 Å². The molecule has 1 aliphatic rings. The molecule has 0 fully saturated rings. The van der Waals surface area contributed by atoms with Gasteiger partial charge in [0.1, 0.15) is 12.1 Å². The van der Waals surface area contributed by atoms with Crippen LogP contribution in [0.3, 0.4) is 0 Å². The maximum Gasteiger partial charge on any atom is 0.257 e. The second kappa shape index (κ2) is 3.77. The number of hydrogen-bond donors (Lipinski definition) is 0. The molecular formula is C10H7N3O2. The molecule has 0 spiro atoms. The summed E-state index contributed by atoms with van der Waals surface area (Å²) < 4.78 is 0. The first-order valence-corrected chi connectivity index (χ1v) is 4.11. The summed E-state index contributed by atoms with van der Waals surface area (Å²) in [7, 11) is 0. The number of nitrogens with zero attached hydrogens (tertiary/aromatic N) is 3. The summed E-state index contributed by atoms with van der Waals surface area (Å²) in [6.45, 7) is 1.37. The Morgan fingerprint density at radius 1 is 1.40 bits per heavy atom. The lowest BCUT2D eigenvalue weighted by molar-refractivity contribution is -0.535. The fraction of sp³-hybridized carbons (Fsp3) is 0.200. The molecule has 0 aromatic rings. The van der Waals surface area contributed by atoms with Gasteiger partial charge in [-0.1, -0.05) is 6.08 Å². The zero-order chi connectivity index (χ0) is 11.5. The Hall–Kier alpha value is -2.40. The fourth-order valence-electron chi connectivity index (χ4n) is 1.15. The quantitative estimate of drug-likeness (QED) is 0.474. The van der Waals surface area contributed by atoms with E-state index in [4.69, 9.17) is 10.5 Å². The van der Waals surface area contributed by atoms with Crippen molar-refractivity contribution >= 4 is 0 Å². The minimum absolute atomic E-state index is 0.0294. The predicted molar refractivity (Wildman–Crippen MR) is 51.9 cm³/mol. The van der Waals surface area contributed by atoms with Crippen molar-refractivity contribution in [2.75, 3.05) is 0 Å². The van der Waals surface area contributed by atoms with Crippen molar-refractivity contribution in [2.45, 2.75) is 12.5 Å². The molecule has 15 heavy (non-hydrogen) atoms. The molecule has 0 amide bonds. The Kier molecular flexibility index (Phi) is 2.68. The van der Waals surface area contributed by atoms with Gasteiger partial charge in [-0.05, 0) is 12.2 Å². The molecule has 0 radical (unpaired) electrons. The van der Waals surface area contributed by atoms with Gasteiger partial charge in [0.05, 0.1) is 11.1 Å². The van der Waals surface area contributed by atoms with E-state index in [9.17, 15) is 10.1 Å². The van der Waals surface area contributed by atoms with E-state index in [2.05, 4.69) is 0 Å². The minimum Gasteiger partial charge on any atom is -0.263 e. The summed E-state index contributed by atoms with van der Waals surface area (Å²) >= 11 is 0. The van der Waals surface area contributed by atoms with Crippen LogP contribution in [0, 0.1) is 32.8 Å². The summed E-state index contributed by atoms with van der Waals surface area (Å²) in [5.74, 6) is 0. The van der Waals surface area contributed by atoms with E-state index in [0.29, 0.717) is 0 Å². The first kappa shape index (κ1) is 10.7. The Labute approximate surface area is 86.4 Å². The second-order valence-electron chi connectivity index (χ2n) is 3.20. The Morgan fingerprint density at radius 2 is 2.00 bits per heavy atom. The zero-order valence-corrected chi connectivity index (χ0v) is 7.97. The molecule has 1 atom stereocenters. The van der Waals surface area contributed by atoms with E-state index in [1.54, 1.807) is 6.07 Å². The van der Waals surface area contributed by atoms with Gasteiger partial charge in [0.2, 0.25) is 0 Å². The smallest absolute Gasteiger partial charge is 0.257 e. The normalized spacial score (nSPS) is 24.2. The van der Waals surface area contributed by atoms with Crippen molar-refractivity contribution in [2.24, 2.45) is 0 Å². The fourth-order valence-corrected chi connectivity index (χ4v) is 1.15. The van der Waals surface area contributed by atoms with Gasteiger partial charge in [-0.25, -0.2) is 0 Å². The maximum atomic E-state index is 10.8. The highest BCUT2D eigenvalue weighted by Crippen LogP contribution is 2.22. The van der Waals surface area contributed by atoms with Gasteiger partial charge < -0.3 is 0 Å². The zero-order valence-electron chi connectivity index (χ0n) is 7.97. The molecule has 0 aliphatic heterocycles. The SMILES string of the molecule is CC1([N+](=O)[O-])C=CC=C(C#N)C(C#N)=C1. The third-order valence-electron chi connectivity index (χ3n) is 2.06. The van der Waals surface area contributed by atoms with Crippen molar-refractivity contribution in [3.8, 4) is 12.1 Å². The van der Waals surface area contributed by atoms with Gasteiger partial charge in [-0.3, -0.25) is 10.1 Å². The number of rotatable bonds is 1. The summed E-state index contributed by atoms with van der Waals surface area (Å²) in [4.78, 5) is 10.3. The van der Waals surface area contributed by atoms with Gasteiger partial charge in [0, 0.05) is 17.9 Å². The van der Waals surface area contributed by atoms with E-state index in [0.717, 1.165) is 0 Å². The van der Waals surface area contributed by atoms with Gasteiger partial charge in [-0.2, -0.15) is 10.5 Å². The molecule has 0 saturated carbocycles. The van der Waals surface area contributed by atoms with Gasteiger partial charge in [0.15, 0.2) is 0 Å². The molecule has 1 unspecified atom stereocenters. The van der Waals surface area contributed by atoms with Crippen molar-refractivity contribution in [3.05, 3.63) is 45.6 Å². The van der Waals surface area contributed by atoms with Gasteiger partial charge in [-0.15, -0.1) is 0 Å². The highest BCUT2D eigenvalue weighted by molar-refractivity contribution is 5.54. The predicted octanol–water partition coefficient (Wildman–Crippen LogP) is 1.49. The Bertz CT molecular complexity index is 474. The molecule has 0 heterocycles. The standard InChI is InChI=1S/C10H7N3O2/c1-10(13(14)15)4-2-3-8(6-11)9(5-10)7-12/h2-5H,1H3. The van der Waals surface area contributed by atoms with E-state index in [-0.39, 0.29) is 11.1 Å². The average Bonchev–Trinajstić information content (AvgIpc) is 2.37. The first-order chi connectivity index (χ1) is 7.03. The van der Waals surface area contributed by atoms with E-state index >= 15 is 0 Å². The van der Waals surface area contributed by atoms with Crippen LogP contribution in [0.4, 0.5) is 0 Å². The molecule has 1 aliphatic carbocycles. The van der Waals surface area contributed by atoms with Crippen LogP contribution in [-0.4, -0.2) is 10.5 Å². The van der Waals surface area contributed by atoms with Crippen molar-refractivity contribution < 1.29 is 4.92 Å². The second-order valence-corrected chi connectivity index (χ2v) is 3.20. The number of allylic oxidation sites excluding steroid dienone is 4. The summed E-state index contributed by atoms with van der Waals surface area (Å²) in [5.41, 5.74) is -1.26. The van der Waals surface area contributed by atoms with Crippen LogP contribution in [0.15, 0.2) is 35.5 Å². The van der Waals surface area contributed by atoms with Crippen LogP contribution in [0.25, 0.3) is 0 Å². The van der Waals surface area contributed by atoms with Crippen LogP contribution >= 0.6 is 0 Å². The molecular weight excluding hydrogens is 194 g/mol. The molecule has 0 aromatic heterocycles. The molecule has 5 heteroatoms. The van der Waals surface area contributed by atoms with Gasteiger partial charge >= 0.3 is 0 Å². The van der Waals surface area contributed by atoms with Crippen LogP contribution in [0.5, 0.6) is 0 Å². The average molecular weight is 201 g/mol. The van der Waals surface area contributed by atoms with E-state index in [1.165, 1.54) is 31.2 Å². The highest BCUT2D eigenvalue weighted by atomic mass is 16.6. The Balaban J connectivity index is 3.33. The molecule has 0 N–H and O–H groups in total. The van der Waals surface area contributed by atoms with Crippen LogP contribution in [0.1, 0.15) is 6.92 Å². The minimum atomic E-state index is -1.43. The summed E-state index contributed by atoms with van der Waals surface area (Å²) in [5, 5.41) is 28.3. The molecule has 74 valence electrons.